The molecule has 0 spiro atoms. The van der Waals surface area contributed by atoms with Crippen molar-refractivity contribution in [2.45, 2.75) is 40.0 Å². The Bertz CT molecular complexity index is 348. The van der Waals surface area contributed by atoms with Crippen LogP contribution >= 0.6 is 0 Å². The number of allylic oxidation sites excluding steroid dienone is 2. The van der Waals surface area contributed by atoms with Crippen LogP contribution < -0.4 is 0 Å². The molecule has 0 unspecified atom stereocenters. The third kappa shape index (κ3) is 4.43. The van der Waals surface area contributed by atoms with E-state index in [1.54, 1.807) is 0 Å². The molecule has 0 heterocycles. The SMILES string of the molecule is C=NC(CN(C)C)=NC1=C(C)CC(C)(C)CC1. The number of likely N-dealkylation sites (N-methyl/N-ethyl adjacent to an activating group) is 1. The minimum absolute atomic E-state index is 0.423. The van der Waals surface area contributed by atoms with Crippen molar-refractivity contribution in [1.82, 2.24) is 4.90 Å². The molecule has 0 N–H and O–H groups in total. The first kappa shape index (κ1) is 14.1. The van der Waals surface area contributed by atoms with Gasteiger partial charge in [0.25, 0.3) is 0 Å². The summed E-state index contributed by atoms with van der Waals surface area (Å²) >= 11 is 0. The van der Waals surface area contributed by atoms with Crippen LogP contribution in [0.5, 0.6) is 0 Å². The highest BCUT2D eigenvalue weighted by atomic mass is 15.1. The fourth-order valence-electron chi connectivity index (χ4n) is 2.29. The Balaban J connectivity index is 2.86. The number of hydrogen-bond acceptors (Lipinski definition) is 2. The predicted octanol–water partition coefficient (Wildman–Crippen LogP) is 3.13. The van der Waals surface area contributed by atoms with Crippen LogP contribution in [0.1, 0.15) is 40.0 Å². The molecule has 0 amide bonds. The van der Waals surface area contributed by atoms with Crippen molar-refractivity contribution < 1.29 is 0 Å². The lowest BCUT2D eigenvalue weighted by Crippen LogP contribution is -2.21. The molecule has 0 saturated heterocycles. The largest absolute Gasteiger partial charge is 0.302 e. The molecule has 0 bridgehead atoms. The Morgan fingerprint density at radius 3 is 2.53 bits per heavy atom. The van der Waals surface area contributed by atoms with Crippen LogP contribution in [0, 0.1) is 5.41 Å². The molecular weight excluding hydrogens is 210 g/mol. The minimum atomic E-state index is 0.423. The van der Waals surface area contributed by atoms with E-state index < -0.39 is 0 Å². The summed E-state index contributed by atoms with van der Waals surface area (Å²) in [6.07, 6.45) is 3.40. The zero-order chi connectivity index (χ0) is 13.1. The molecule has 0 radical (unpaired) electrons. The van der Waals surface area contributed by atoms with Crippen LogP contribution in [0.25, 0.3) is 0 Å². The van der Waals surface area contributed by atoms with Crippen molar-refractivity contribution in [2.75, 3.05) is 20.6 Å². The first-order chi connectivity index (χ1) is 7.84. The van der Waals surface area contributed by atoms with E-state index in [1.807, 2.05) is 14.1 Å². The molecule has 0 aromatic heterocycles. The zero-order valence-electron chi connectivity index (χ0n) is 11.9. The average Bonchev–Trinajstić information content (AvgIpc) is 2.19. The molecule has 3 heteroatoms. The van der Waals surface area contributed by atoms with Crippen molar-refractivity contribution in [3.8, 4) is 0 Å². The van der Waals surface area contributed by atoms with Crippen LogP contribution in [0.15, 0.2) is 21.3 Å². The van der Waals surface area contributed by atoms with Crippen molar-refractivity contribution in [1.29, 1.82) is 0 Å². The van der Waals surface area contributed by atoms with Crippen molar-refractivity contribution in [3.63, 3.8) is 0 Å². The normalized spacial score (nSPS) is 20.9. The van der Waals surface area contributed by atoms with Crippen LogP contribution in [0.4, 0.5) is 0 Å². The van der Waals surface area contributed by atoms with E-state index in [9.17, 15) is 0 Å². The fraction of sp³-hybridized carbons (Fsp3) is 0.714. The standard InChI is InChI=1S/C14H25N3/c1-11-9-14(2,3)8-7-12(11)16-13(15-4)10-17(5)6/h4,7-10H2,1-3,5-6H3. The minimum Gasteiger partial charge on any atom is -0.302 e. The Labute approximate surface area is 105 Å². The maximum absolute atomic E-state index is 4.67. The van der Waals surface area contributed by atoms with Crippen LogP contribution in [-0.2, 0) is 0 Å². The van der Waals surface area contributed by atoms with Gasteiger partial charge in [0.15, 0.2) is 0 Å². The number of aliphatic imine (C=N–C) groups is 2. The van der Waals surface area contributed by atoms with Crippen LogP contribution in [0.2, 0.25) is 0 Å². The highest BCUT2D eigenvalue weighted by molar-refractivity contribution is 5.88. The van der Waals surface area contributed by atoms with Gasteiger partial charge in [-0.2, -0.15) is 0 Å². The number of nitrogens with zero attached hydrogens (tertiary/aromatic N) is 3. The second-order valence-corrected chi connectivity index (χ2v) is 5.99. The van der Waals surface area contributed by atoms with Gasteiger partial charge in [-0.15, -0.1) is 0 Å². The van der Waals surface area contributed by atoms with E-state index in [1.165, 1.54) is 17.7 Å². The highest BCUT2D eigenvalue weighted by Crippen LogP contribution is 2.38. The maximum atomic E-state index is 4.67. The first-order valence-electron chi connectivity index (χ1n) is 6.22. The molecule has 3 nitrogen and oxygen atoms in total. The molecule has 17 heavy (non-hydrogen) atoms. The summed E-state index contributed by atoms with van der Waals surface area (Å²) in [5, 5.41) is 0. The zero-order valence-corrected chi connectivity index (χ0v) is 11.9. The molecule has 0 fully saturated rings. The summed E-state index contributed by atoms with van der Waals surface area (Å²) in [6.45, 7) is 11.2. The molecule has 96 valence electrons. The van der Waals surface area contributed by atoms with Gasteiger partial charge >= 0.3 is 0 Å². The fourth-order valence-corrected chi connectivity index (χ4v) is 2.29. The van der Waals surface area contributed by atoms with Gasteiger partial charge < -0.3 is 4.90 Å². The Kier molecular flexibility index (Phi) is 4.63. The van der Waals surface area contributed by atoms with Gasteiger partial charge in [-0.3, -0.25) is 0 Å². The first-order valence-corrected chi connectivity index (χ1v) is 6.22. The number of hydrogen-bond donors (Lipinski definition) is 0. The molecule has 0 atom stereocenters. The van der Waals surface area contributed by atoms with Gasteiger partial charge in [0.1, 0.15) is 5.84 Å². The molecule has 0 aromatic rings. The van der Waals surface area contributed by atoms with Gasteiger partial charge in [-0.25, -0.2) is 9.98 Å². The molecule has 0 aliphatic heterocycles. The summed E-state index contributed by atoms with van der Waals surface area (Å²) in [5.41, 5.74) is 3.04. The van der Waals surface area contributed by atoms with Crippen molar-refractivity contribution >= 4 is 12.6 Å². The van der Waals surface area contributed by atoms with Gasteiger partial charge in [0.2, 0.25) is 0 Å². The summed E-state index contributed by atoms with van der Waals surface area (Å²) in [7, 11) is 4.04. The number of amidine groups is 1. The predicted molar refractivity (Wildman–Crippen MR) is 75.9 cm³/mol. The van der Waals surface area contributed by atoms with Gasteiger partial charge in [-0.05, 0) is 52.4 Å². The molecule has 0 saturated carbocycles. The third-order valence-corrected chi connectivity index (χ3v) is 3.18. The van der Waals surface area contributed by atoms with Crippen LogP contribution in [-0.4, -0.2) is 38.1 Å². The van der Waals surface area contributed by atoms with Gasteiger partial charge in [-0.1, -0.05) is 19.4 Å². The Hall–Kier alpha value is -0.960. The summed E-state index contributed by atoms with van der Waals surface area (Å²) < 4.78 is 0. The lowest BCUT2D eigenvalue weighted by molar-refractivity contribution is 0.313. The van der Waals surface area contributed by atoms with E-state index in [4.69, 9.17) is 0 Å². The molecule has 1 rings (SSSR count). The second kappa shape index (κ2) is 5.58. The second-order valence-electron chi connectivity index (χ2n) is 5.99. The maximum Gasteiger partial charge on any atom is 0.141 e. The monoisotopic (exact) mass is 235 g/mol. The lowest BCUT2D eigenvalue weighted by atomic mass is 9.76. The third-order valence-electron chi connectivity index (χ3n) is 3.18. The van der Waals surface area contributed by atoms with E-state index in [2.05, 4.69) is 42.4 Å². The average molecular weight is 235 g/mol. The van der Waals surface area contributed by atoms with Gasteiger partial charge in [0.05, 0.1) is 6.54 Å². The molecule has 1 aliphatic rings. The molecule has 1 aliphatic carbocycles. The summed E-state index contributed by atoms with van der Waals surface area (Å²) in [5.74, 6) is 0.823. The van der Waals surface area contributed by atoms with Gasteiger partial charge in [0, 0.05) is 5.70 Å². The van der Waals surface area contributed by atoms with E-state index in [-0.39, 0.29) is 0 Å². The summed E-state index contributed by atoms with van der Waals surface area (Å²) in [4.78, 5) is 10.7. The Morgan fingerprint density at radius 2 is 2.06 bits per heavy atom. The van der Waals surface area contributed by atoms with Crippen LogP contribution in [0.3, 0.4) is 0 Å². The quantitative estimate of drug-likeness (QED) is 0.545. The van der Waals surface area contributed by atoms with E-state index in [0.29, 0.717) is 5.41 Å². The molecule has 0 aromatic carbocycles. The van der Waals surface area contributed by atoms with E-state index in [0.717, 1.165) is 25.2 Å². The smallest absolute Gasteiger partial charge is 0.141 e. The highest BCUT2D eigenvalue weighted by Gasteiger charge is 2.25. The lowest BCUT2D eigenvalue weighted by Gasteiger charge is -2.30. The van der Waals surface area contributed by atoms with Crippen molar-refractivity contribution in [3.05, 3.63) is 11.3 Å². The Morgan fingerprint density at radius 1 is 1.41 bits per heavy atom. The topological polar surface area (TPSA) is 28.0 Å². The van der Waals surface area contributed by atoms with E-state index >= 15 is 0 Å². The molecular formula is C14H25N3. The van der Waals surface area contributed by atoms with Crippen molar-refractivity contribution in [2.24, 2.45) is 15.4 Å². The summed E-state index contributed by atoms with van der Waals surface area (Å²) in [6, 6.07) is 0. The number of rotatable bonds is 3.